The molecule has 9 heteroatoms. The number of piperazine rings is 1. The molecule has 0 unspecified atom stereocenters. The van der Waals surface area contributed by atoms with E-state index < -0.39 is 0 Å². The summed E-state index contributed by atoms with van der Waals surface area (Å²) in [6.45, 7) is 7.06. The Bertz CT molecular complexity index is 923. The Hall–Kier alpha value is -2.68. The van der Waals surface area contributed by atoms with Gasteiger partial charge in [0, 0.05) is 64.5 Å². The second kappa shape index (κ2) is 8.82. The number of rotatable bonds is 4. The Morgan fingerprint density at radius 3 is 2.42 bits per heavy atom. The van der Waals surface area contributed by atoms with E-state index in [1.54, 1.807) is 6.33 Å². The molecule has 3 saturated heterocycles. The summed E-state index contributed by atoms with van der Waals surface area (Å²) in [5, 5.41) is 1.04. The molecule has 0 aliphatic carbocycles. The molecule has 5 rings (SSSR count). The van der Waals surface area contributed by atoms with Gasteiger partial charge in [0.2, 0.25) is 11.8 Å². The zero-order chi connectivity index (χ0) is 21.2. The topological polar surface area (TPSA) is 88.7 Å². The molecule has 31 heavy (non-hydrogen) atoms. The highest BCUT2D eigenvalue weighted by molar-refractivity contribution is 5.87. The van der Waals surface area contributed by atoms with E-state index in [1.807, 2.05) is 22.1 Å². The number of fused-ring (bicyclic) bond motifs is 1. The maximum absolute atomic E-state index is 12.8. The van der Waals surface area contributed by atoms with Crippen LogP contribution in [0.25, 0.3) is 11.0 Å². The number of piperidine rings is 1. The minimum atomic E-state index is 0.101. The first kappa shape index (κ1) is 20.2. The molecule has 9 nitrogen and oxygen atoms in total. The highest BCUT2D eigenvalue weighted by Crippen LogP contribution is 2.24. The van der Waals surface area contributed by atoms with Crippen LogP contribution < -0.4 is 4.90 Å². The molecular formula is C22H31N7O2. The molecule has 0 bridgehead atoms. The maximum atomic E-state index is 12.8. The number of aromatic amines is 1. The third-order valence-electron chi connectivity index (χ3n) is 6.98. The smallest absolute Gasteiger partial charge is 0.236 e. The van der Waals surface area contributed by atoms with Crippen molar-refractivity contribution in [2.75, 3.05) is 63.8 Å². The number of aromatic nitrogens is 3. The maximum Gasteiger partial charge on any atom is 0.236 e. The van der Waals surface area contributed by atoms with Crippen LogP contribution in [0.3, 0.4) is 0 Å². The molecule has 0 saturated carbocycles. The van der Waals surface area contributed by atoms with Gasteiger partial charge in [-0.2, -0.15) is 0 Å². The largest absolute Gasteiger partial charge is 0.353 e. The third-order valence-corrected chi connectivity index (χ3v) is 6.98. The first-order chi connectivity index (χ1) is 15.2. The molecule has 0 spiro atoms. The average molecular weight is 426 g/mol. The molecule has 166 valence electrons. The van der Waals surface area contributed by atoms with Gasteiger partial charge in [0.25, 0.3) is 0 Å². The monoisotopic (exact) mass is 425 g/mol. The number of carbonyl (C=O) groups excluding carboxylic acids is 2. The van der Waals surface area contributed by atoms with Crippen molar-refractivity contribution >= 4 is 28.7 Å². The summed E-state index contributed by atoms with van der Waals surface area (Å²) < 4.78 is 0. The van der Waals surface area contributed by atoms with Crippen molar-refractivity contribution in [1.82, 2.24) is 29.7 Å². The second-order valence-corrected chi connectivity index (χ2v) is 8.89. The Labute approximate surface area is 182 Å². The number of hydrogen-bond acceptors (Lipinski definition) is 6. The fourth-order valence-corrected chi connectivity index (χ4v) is 5.09. The quantitative estimate of drug-likeness (QED) is 0.784. The lowest BCUT2D eigenvalue weighted by atomic mass is 9.95. The van der Waals surface area contributed by atoms with E-state index in [-0.39, 0.29) is 11.8 Å². The molecule has 2 aromatic heterocycles. The lowest BCUT2D eigenvalue weighted by molar-refractivity contribution is -0.140. The Morgan fingerprint density at radius 2 is 1.68 bits per heavy atom. The van der Waals surface area contributed by atoms with E-state index in [1.165, 1.54) is 0 Å². The van der Waals surface area contributed by atoms with Crippen molar-refractivity contribution in [3.05, 3.63) is 18.6 Å². The number of H-pyrrole nitrogens is 1. The summed E-state index contributed by atoms with van der Waals surface area (Å²) in [5.74, 6) is 1.56. The fourth-order valence-electron chi connectivity index (χ4n) is 5.09. The minimum absolute atomic E-state index is 0.101. The number of nitrogens with zero attached hydrogens (tertiary/aromatic N) is 6. The number of anilines is 1. The van der Waals surface area contributed by atoms with Gasteiger partial charge >= 0.3 is 0 Å². The standard InChI is InChI=1S/C22H31N7O2/c30-19(27-9-4-17(5-10-27)22(31)29-7-1-2-8-29)15-26-11-13-28(14-12-26)21-18-3-6-23-20(18)24-16-25-21/h3,6,16-17H,1-2,4-5,7-15H2,(H,23,24,25). The summed E-state index contributed by atoms with van der Waals surface area (Å²) in [4.78, 5) is 45.8. The summed E-state index contributed by atoms with van der Waals surface area (Å²) in [7, 11) is 0. The first-order valence-corrected chi connectivity index (χ1v) is 11.5. The molecule has 3 aliphatic rings. The molecule has 1 N–H and O–H groups in total. The summed E-state index contributed by atoms with van der Waals surface area (Å²) in [5.41, 5.74) is 0.856. The van der Waals surface area contributed by atoms with Crippen LogP contribution in [0.15, 0.2) is 18.6 Å². The van der Waals surface area contributed by atoms with Crippen LogP contribution in [-0.4, -0.2) is 100 Å². The van der Waals surface area contributed by atoms with Crippen LogP contribution in [0.5, 0.6) is 0 Å². The number of hydrogen-bond donors (Lipinski definition) is 1. The number of likely N-dealkylation sites (tertiary alicyclic amines) is 2. The van der Waals surface area contributed by atoms with Gasteiger partial charge in [-0.25, -0.2) is 9.97 Å². The lowest BCUT2D eigenvalue weighted by Gasteiger charge is -2.37. The van der Waals surface area contributed by atoms with Crippen molar-refractivity contribution in [2.24, 2.45) is 5.92 Å². The summed E-state index contributed by atoms with van der Waals surface area (Å²) >= 11 is 0. The highest BCUT2D eigenvalue weighted by Gasteiger charge is 2.32. The van der Waals surface area contributed by atoms with Gasteiger partial charge in [-0.1, -0.05) is 0 Å². The Kier molecular flexibility index (Phi) is 5.76. The van der Waals surface area contributed by atoms with E-state index in [2.05, 4.69) is 24.8 Å². The molecule has 3 aliphatic heterocycles. The number of carbonyl (C=O) groups is 2. The van der Waals surface area contributed by atoms with Crippen LogP contribution in [0.2, 0.25) is 0 Å². The van der Waals surface area contributed by atoms with Crippen molar-refractivity contribution in [2.45, 2.75) is 25.7 Å². The van der Waals surface area contributed by atoms with Crippen molar-refractivity contribution < 1.29 is 9.59 Å². The van der Waals surface area contributed by atoms with Crippen LogP contribution in [0, 0.1) is 5.92 Å². The Balaban J connectivity index is 1.09. The Morgan fingerprint density at radius 1 is 0.935 bits per heavy atom. The van der Waals surface area contributed by atoms with Crippen LogP contribution in [0.4, 0.5) is 5.82 Å². The van der Waals surface area contributed by atoms with Gasteiger partial charge in [0.1, 0.15) is 17.8 Å². The summed E-state index contributed by atoms with van der Waals surface area (Å²) in [6.07, 6.45) is 7.35. The van der Waals surface area contributed by atoms with Gasteiger partial charge in [-0.3, -0.25) is 14.5 Å². The number of amides is 2. The molecule has 0 aromatic carbocycles. The zero-order valence-electron chi connectivity index (χ0n) is 18.0. The molecule has 5 heterocycles. The second-order valence-electron chi connectivity index (χ2n) is 8.89. The molecular weight excluding hydrogens is 394 g/mol. The van der Waals surface area contributed by atoms with Gasteiger partial charge in [-0.15, -0.1) is 0 Å². The van der Waals surface area contributed by atoms with Crippen LogP contribution in [0.1, 0.15) is 25.7 Å². The molecule has 0 atom stereocenters. The van der Waals surface area contributed by atoms with Crippen LogP contribution in [-0.2, 0) is 9.59 Å². The molecule has 0 radical (unpaired) electrons. The van der Waals surface area contributed by atoms with Crippen LogP contribution >= 0.6 is 0 Å². The minimum Gasteiger partial charge on any atom is -0.353 e. The first-order valence-electron chi connectivity index (χ1n) is 11.5. The van der Waals surface area contributed by atoms with Gasteiger partial charge in [-0.05, 0) is 31.7 Å². The zero-order valence-corrected chi connectivity index (χ0v) is 18.0. The van der Waals surface area contributed by atoms with E-state index in [0.29, 0.717) is 25.5 Å². The van der Waals surface area contributed by atoms with Gasteiger partial charge in [0.05, 0.1) is 11.9 Å². The number of nitrogens with one attached hydrogen (secondary N) is 1. The van der Waals surface area contributed by atoms with E-state index in [0.717, 1.165) is 81.8 Å². The molecule has 2 amide bonds. The normalized spacial score (nSPS) is 21.2. The highest BCUT2D eigenvalue weighted by atomic mass is 16.2. The summed E-state index contributed by atoms with van der Waals surface area (Å²) in [6, 6.07) is 2.01. The predicted molar refractivity (Wildman–Crippen MR) is 118 cm³/mol. The van der Waals surface area contributed by atoms with E-state index in [9.17, 15) is 9.59 Å². The average Bonchev–Trinajstić information content (AvgIpc) is 3.51. The van der Waals surface area contributed by atoms with E-state index in [4.69, 9.17) is 0 Å². The van der Waals surface area contributed by atoms with Crippen molar-refractivity contribution in [3.8, 4) is 0 Å². The molecule has 3 fully saturated rings. The SMILES string of the molecule is O=C(CN1CCN(c2ncnc3[nH]ccc23)CC1)N1CCC(C(=O)N2CCCC2)CC1. The predicted octanol–water partition coefficient (Wildman–Crippen LogP) is 0.941. The van der Waals surface area contributed by atoms with Gasteiger partial charge in [0.15, 0.2) is 0 Å². The van der Waals surface area contributed by atoms with Gasteiger partial charge < -0.3 is 19.7 Å². The van der Waals surface area contributed by atoms with E-state index >= 15 is 0 Å². The lowest BCUT2D eigenvalue weighted by Crippen LogP contribution is -2.51. The fraction of sp³-hybridized carbons (Fsp3) is 0.636. The van der Waals surface area contributed by atoms with Crippen molar-refractivity contribution in [1.29, 1.82) is 0 Å². The third kappa shape index (κ3) is 4.23. The van der Waals surface area contributed by atoms with Crippen molar-refractivity contribution in [3.63, 3.8) is 0 Å². The molecule has 2 aromatic rings.